The van der Waals surface area contributed by atoms with Crippen LogP contribution in [0.15, 0.2) is 27.8 Å². The molecule has 1 amide bonds. The van der Waals surface area contributed by atoms with Gasteiger partial charge in [0.25, 0.3) is 11.5 Å². The molecule has 9 heteroatoms. The van der Waals surface area contributed by atoms with Crippen molar-refractivity contribution in [1.29, 1.82) is 0 Å². The highest BCUT2D eigenvalue weighted by Gasteiger charge is 2.19. The standard InChI is InChI=1S/C14H14N4O5/c1-17-11(15)10(13(20)18(2)14(17)21)16-12(19)7-3-4-8-9(5-7)23-6-22-8/h3-5H,6,15H2,1-2H3,(H,16,19). The van der Waals surface area contributed by atoms with E-state index < -0.39 is 17.2 Å². The van der Waals surface area contributed by atoms with E-state index in [1.165, 1.54) is 26.2 Å². The van der Waals surface area contributed by atoms with E-state index in [-0.39, 0.29) is 23.9 Å². The number of benzene rings is 1. The summed E-state index contributed by atoms with van der Waals surface area (Å²) in [5.41, 5.74) is 4.62. The molecular formula is C14H14N4O5. The van der Waals surface area contributed by atoms with Crippen LogP contribution in [0.1, 0.15) is 10.4 Å². The maximum atomic E-state index is 12.3. The predicted octanol–water partition coefficient (Wildman–Crippen LogP) is -0.353. The van der Waals surface area contributed by atoms with Crippen molar-refractivity contribution < 1.29 is 14.3 Å². The van der Waals surface area contributed by atoms with Crippen LogP contribution in [0.3, 0.4) is 0 Å². The minimum absolute atomic E-state index is 0.0920. The highest BCUT2D eigenvalue weighted by atomic mass is 16.7. The highest BCUT2D eigenvalue weighted by molar-refractivity contribution is 6.05. The Balaban J connectivity index is 1.98. The summed E-state index contributed by atoms with van der Waals surface area (Å²) >= 11 is 0. The molecule has 1 aromatic heterocycles. The van der Waals surface area contributed by atoms with Crippen molar-refractivity contribution in [3.63, 3.8) is 0 Å². The summed E-state index contributed by atoms with van der Waals surface area (Å²) in [5, 5.41) is 2.44. The molecule has 0 spiro atoms. The first-order chi connectivity index (χ1) is 10.9. The van der Waals surface area contributed by atoms with E-state index in [2.05, 4.69) is 5.32 Å². The Morgan fingerprint density at radius 2 is 1.87 bits per heavy atom. The van der Waals surface area contributed by atoms with E-state index in [1.54, 1.807) is 6.07 Å². The molecule has 0 aliphatic carbocycles. The molecule has 0 unspecified atom stereocenters. The number of hydrogen-bond donors (Lipinski definition) is 2. The second-order valence-corrected chi connectivity index (χ2v) is 4.99. The van der Waals surface area contributed by atoms with Gasteiger partial charge in [0.1, 0.15) is 11.5 Å². The SMILES string of the molecule is Cn1c(N)c(NC(=O)c2ccc3c(c2)OCO3)c(=O)n(C)c1=O. The van der Waals surface area contributed by atoms with Crippen LogP contribution in [0.25, 0.3) is 0 Å². The van der Waals surface area contributed by atoms with Crippen molar-refractivity contribution in [2.75, 3.05) is 17.8 Å². The molecule has 0 atom stereocenters. The average Bonchev–Trinajstić information content (AvgIpc) is 3.02. The molecule has 23 heavy (non-hydrogen) atoms. The Kier molecular flexibility index (Phi) is 3.32. The van der Waals surface area contributed by atoms with Crippen molar-refractivity contribution in [2.24, 2.45) is 14.1 Å². The van der Waals surface area contributed by atoms with Gasteiger partial charge in [0, 0.05) is 19.7 Å². The van der Waals surface area contributed by atoms with E-state index in [9.17, 15) is 14.4 Å². The van der Waals surface area contributed by atoms with Crippen molar-refractivity contribution >= 4 is 17.4 Å². The fraction of sp³-hybridized carbons (Fsp3) is 0.214. The molecule has 120 valence electrons. The number of hydrogen-bond acceptors (Lipinski definition) is 6. The lowest BCUT2D eigenvalue weighted by Gasteiger charge is -2.12. The largest absolute Gasteiger partial charge is 0.454 e. The molecule has 2 aromatic rings. The number of rotatable bonds is 2. The Morgan fingerprint density at radius 3 is 2.61 bits per heavy atom. The number of anilines is 2. The lowest BCUT2D eigenvalue weighted by Crippen LogP contribution is -2.40. The maximum Gasteiger partial charge on any atom is 0.332 e. The van der Waals surface area contributed by atoms with Crippen LogP contribution in [0.4, 0.5) is 11.5 Å². The number of nitrogen functional groups attached to an aromatic ring is 1. The predicted molar refractivity (Wildman–Crippen MR) is 81.9 cm³/mol. The van der Waals surface area contributed by atoms with Crippen LogP contribution in [-0.4, -0.2) is 21.8 Å². The Morgan fingerprint density at radius 1 is 1.17 bits per heavy atom. The lowest BCUT2D eigenvalue weighted by molar-refractivity contribution is 0.102. The number of fused-ring (bicyclic) bond motifs is 1. The number of carbonyl (C=O) groups excluding carboxylic acids is 1. The van der Waals surface area contributed by atoms with Gasteiger partial charge in [-0.3, -0.25) is 18.7 Å². The molecule has 0 bridgehead atoms. The van der Waals surface area contributed by atoms with Gasteiger partial charge in [0.2, 0.25) is 6.79 Å². The van der Waals surface area contributed by atoms with Crippen LogP contribution < -0.4 is 31.8 Å². The van der Waals surface area contributed by atoms with Gasteiger partial charge < -0.3 is 20.5 Å². The minimum atomic E-state index is -0.681. The van der Waals surface area contributed by atoms with Crippen LogP contribution in [0, 0.1) is 0 Å². The summed E-state index contributed by atoms with van der Waals surface area (Å²) in [7, 11) is 2.72. The maximum absolute atomic E-state index is 12.3. The first kappa shape index (κ1) is 14.7. The highest BCUT2D eigenvalue weighted by Crippen LogP contribution is 2.32. The molecule has 0 fully saturated rings. The van der Waals surface area contributed by atoms with Gasteiger partial charge >= 0.3 is 5.69 Å². The number of ether oxygens (including phenoxy) is 2. The van der Waals surface area contributed by atoms with Crippen LogP contribution in [-0.2, 0) is 14.1 Å². The van der Waals surface area contributed by atoms with Gasteiger partial charge in [0.05, 0.1) is 0 Å². The van der Waals surface area contributed by atoms with Crippen LogP contribution in [0.2, 0.25) is 0 Å². The molecule has 0 saturated carbocycles. The lowest BCUT2D eigenvalue weighted by atomic mass is 10.2. The van der Waals surface area contributed by atoms with Crippen LogP contribution in [0.5, 0.6) is 11.5 Å². The summed E-state index contributed by atoms with van der Waals surface area (Å²) in [6.07, 6.45) is 0. The normalized spacial score (nSPS) is 12.3. The fourth-order valence-electron chi connectivity index (χ4n) is 2.20. The van der Waals surface area contributed by atoms with E-state index in [0.717, 1.165) is 9.13 Å². The molecule has 1 aliphatic rings. The molecule has 0 radical (unpaired) electrons. The Labute approximate surface area is 129 Å². The van der Waals surface area contributed by atoms with E-state index >= 15 is 0 Å². The molecular weight excluding hydrogens is 304 g/mol. The molecule has 1 aliphatic heterocycles. The Bertz CT molecular complexity index is 928. The van der Waals surface area contributed by atoms with Crippen molar-refractivity contribution in [3.8, 4) is 11.5 Å². The van der Waals surface area contributed by atoms with Crippen molar-refractivity contribution in [3.05, 3.63) is 44.6 Å². The van der Waals surface area contributed by atoms with Gasteiger partial charge in [-0.15, -0.1) is 0 Å². The quantitative estimate of drug-likeness (QED) is 0.781. The van der Waals surface area contributed by atoms with Crippen molar-refractivity contribution in [1.82, 2.24) is 9.13 Å². The number of amides is 1. The molecule has 3 rings (SSSR count). The molecule has 9 nitrogen and oxygen atoms in total. The zero-order chi connectivity index (χ0) is 16.7. The minimum Gasteiger partial charge on any atom is -0.454 e. The summed E-state index contributed by atoms with van der Waals surface area (Å²) in [5.74, 6) is 0.316. The Hall–Kier alpha value is -3.23. The van der Waals surface area contributed by atoms with Gasteiger partial charge in [-0.2, -0.15) is 0 Å². The first-order valence-electron chi connectivity index (χ1n) is 6.66. The zero-order valence-corrected chi connectivity index (χ0v) is 12.5. The third-order valence-electron chi connectivity index (χ3n) is 3.58. The molecule has 3 N–H and O–H groups in total. The average molecular weight is 318 g/mol. The van der Waals surface area contributed by atoms with E-state index in [0.29, 0.717) is 11.5 Å². The summed E-state index contributed by atoms with van der Waals surface area (Å²) in [4.78, 5) is 36.2. The second-order valence-electron chi connectivity index (χ2n) is 4.99. The summed E-state index contributed by atoms with van der Waals surface area (Å²) < 4.78 is 12.3. The number of nitrogens with one attached hydrogen (secondary N) is 1. The third kappa shape index (κ3) is 2.31. The first-order valence-corrected chi connectivity index (χ1v) is 6.66. The van der Waals surface area contributed by atoms with Crippen LogP contribution >= 0.6 is 0 Å². The third-order valence-corrected chi connectivity index (χ3v) is 3.58. The smallest absolute Gasteiger partial charge is 0.332 e. The number of carbonyl (C=O) groups is 1. The van der Waals surface area contributed by atoms with Gasteiger partial charge in [-0.05, 0) is 18.2 Å². The molecule has 2 heterocycles. The zero-order valence-electron chi connectivity index (χ0n) is 12.5. The second kappa shape index (κ2) is 5.20. The number of aromatic nitrogens is 2. The number of nitrogens with two attached hydrogens (primary N) is 1. The fourth-order valence-corrected chi connectivity index (χ4v) is 2.20. The molecule has 1 aromatic carbocycles. The number of nitrogens with zero attached hydrogens (tertiary/aromatic N) is 2. The van der Waals surface area contributed by atoms with Gasteiger partial charge in [-0.1, -0.05) is 0 Å². The summed E-state index contributed by atoms with van der Waals surface area (Å²) in [6.45, 7) is 0.0920. The van der Waals surface area contributed by atoms with Crippen molar-refractivity contribution in [2.45, 2.75) is 0 Å². The summed E-state index contributed by atoms with van der Waals surface area (Å²) in [6, 6.07) is 4.63. The monoisotopic (exact) mass is 318 g/mol. The van der Waals surface area contributed by atoms with E-state index in [4.69, 9.17) is 15.2 Å². The molecule has 0 saturated heterocycles. The van der Waals surface area contributed by atoms with Gasteiger partial charge in [-0.25, -0.2) is 4.79 Å². The topological polar surface area (TPSA) is 118 Å². The van der Waals surface area contributed by atoms with E-state index in [1.807, 2.05) is 0 Å². The van der Waals surface area contributed by atoms with Gasteiger partial charge in [0.15, 0.2) is 11.5 Å².